The summed E-state index contributed by atoms with van der Waals surface area (Å²) in [4.78, 5) is 13.5. The van der Waals surface area contributed by atoms with Crippen molar-refractivity contribution in [3.63, 3.8) is 0 Å². The van der Waals surface area contributed by atoms with E-state index in [1.165, 1.54) is 44.9 Å². The second-order valence-corrected chi connectivity index (χ2v) is 11.5. The Labute approximate surface area is 181 Å². The molecule has 6 heteroatoms. The van der Waals surface area contributed by atoms with Crippen LogP contribution in [0.2, 0.25) is 0 Å². The topological polar surface area (TPSA) is 77.0 Å². The molecule has 5 rings (SSSR count). The number of ketones is 1. The van der Waals surface area contributed by atoms with Crippen LogP contribution in [0.3, 0.4) is 0 Å². The zero-order valence-electron chi connectivity index (χ0n) is 19.0. The second kappa shape index (κ2) is 7.47. The monoisotopic (exact) mass is 416 g/mol. The lowest BCUT2D eigenvalue weighted by atomic mass is 9.41. The number of carbonyl (C=O) groups excluding carboxylic acids is 1. The molecule has 168 valence electrons. The highest BCUT2D eigenvalue weighted by Gasteiger charge is 2.59. The molecule has 4 aliphatic carbocycles. The normalized spacial score (nSPS) is 48.1. The van der Waals surface area contributed by atoms with Crippen molar-refractivity contribution in [2.24, 2.45) is 45.5 Å². The molecule has 0 aromatic heterocycles. The molecule has 1 aliphatic heterocycles. The van der Waals surface area contributed by atoms with Gasteiger partial charge in [0.2, 0.25) is 0 Å². The zero-order valence-corrected chi connectivity index (χ0v) is 19.0. The SMILES string of the molecule is CC1=NNNN1CC(=O)[C@H]1CCC[C@H]2[C@@H]3CC[C@H]4C[C@H](O)CC[C@]4(C)[C@H]3CC[C@]12C. The van der Waals surface area contributed by atoms with Gasteiger partial charge in [-0.15, -0.1) is 10.6 Å². The van der Waals surface area contributed by atoms with E-state index in [1.807, 2.05) is 11.9 Å². The Morgan fingerprint density at radius 2 is 1.87 bits per heavy atom. The number of carbonyl (C=O) groups is 1. The van der Waals surface area contributed by atoms with Gasteiger partial charge in [0.15, 0.2) is 5.78 Å². The second-order valence-electron chi connectivity index (χ2n) is 11.5. The van der Waals surface area contributed by atoms with E-state index >= 15 is 0 Å². The first-order valence-electron chi connectivity index (χ1n) is 12.4. The molecule has 4 saturated carbocycles. The third-order valence-electron chi connectivity index (χ3n) is 10.4. The molecule has 0 radical (unpaired) electrons. The number of hydrazone groups is 1. The van der Waals surface area contributed by atoms with Gasteiger partial charge in [-0.2, -0.15) is 0 Å². The minimum absolute atomic E-state index is 0.0779. The number of rotatable bonds is 3. The minimum Gasteiger partial charge on any atom is -0.393 e. The molecule has 5 aliphatic rings. The maximum atomic E-state index is 13.5. The number of nitrogens with zero attached hydrogens (tertiary/aromatic N) is 2. The molecular weight excluding hydrogens is 376 g/mol. The molecule has 0 aromatic rings. The van der Waals surface area contributed by atoms with Gasteiger partial charge in [-0.25, -0.2) is 5.53 Å². The van der Waals surface area contributed by atoms with Gasteiger partial charge in [0.1, 0.15) is 5.84 Å². The summed E-state index contributed by atoms with van der Waals surface area (Å²) in [6, 6.07) is 0. The standard InChI is InChI=1S/C24H40N4O2/c1-15-25-26-27-28(15)14-22(30)21-6-4-5-19-18-8-7-16-13-17(29)9-11-23(16,2)20(18)10-12-24(19,21)3/h16-21,26-27,29H,4-14H2,1-3H3/t16-,17+,18-,19-,20-,21+,23-,24-/m0/s1. The highest BCUT2D eigenvalue weighted by molar-refractivity contribution is 5.89. The van der Waals surface area contributed by atoms with Crippen LogP contribution in [0.15, 0.2) is 5.10 Å². The Balaban J connectivity index is 1.35. The van der Waals surface area contributed by atoms with Crippen LogP contribution in [0.1, 0.15) is 85.0 Å². The smallest absolute Gasteiger partial charge is 0.157 e. The van der Waals surface area contributed by atoms with Crippen LogP contribution < -0.4 is 11.1 Å². The van der Waals surface area contributed by atoms with Gasteiger partial charge >= 0.3 is 0 Å². The molecule has 1 heterocycles. The van der Waals surface area contributed by atoms with Crippen molar-refractivity contribution in [2.45, 2.75) is 91.1 Å². The number of hydrogen-bond donors (Lipinski definition) is 3. The van der Waals surface area contributed by atoms with Crippen molar-refractivity contribution in [2.75, 3.05) is 6.54 Å². The van der Waals surface area contributed by atoms with Gasteiger partial charge in [0.25, 0.3) is 0 Å². The van der Waals surface area contributed by atoms with E-state index in [-0.39, 0.29) is 17.4 Å². The van der Waals surface area contributed by atoms with Gasteiger partial charge in [0.05, 0.1) is 12.6 Å². The number of Topliss-reactive ketones (excluding diaryl/α,β-unsaturated/α-hetero) is 1. The van der Waals surface area contributed by atoms with Gasteiger partial charge in [0, 0.05) is 5.92 Å². The van der Waals surface area contributed by atoms with Crippen LogP contribution in [0, 0.1) is 40.4 Å². The number of nitrogens with one attached hydrogen (secondary N) is 2. The fourth-order valence-electron chi connectivity index (χ4n) is 8.69. The van der Waals surface area contributed by atoms with E-state index in [4.69, 9.17) is 0 Å². The summed E-state index contributed by atoms with van der Waals surface area (Å²) in [6.07, 6.45) is 11.7. The molecule has 0 amide bonds. The molecule has 0 unspecified atom stereocenters. The molecule has 4 fully saturated rings. The largest absolute Gasteiger partial charge is 0.393 e. The van der Waals surface area contributed by atoms with Gasteiger partial charge < -0.3 is 5.11 Å². The lowest BCUT2D eigenvalue weighted by Gasteiger charge is -2.63. The molecule has 30 heavy (non-hydrogen) atoms. The molecule has 0 bridgehead atoms. The lowest BCUT2D eigenvalue weighted by Crippen LogP contribution is -2.58. The van der Waals surface area contributed by atoms with E-state index in [9.17, 15) is 9.90 Å². The fraction of sp³-hybridized carbons (Fsp3) is 0.917. The highest BCUT2D eigenvalue weighted by Crippen LogP contribution is 2.66. The lowest BCUT2D eigenvalue weighted by molar-refractivity contribution is -0.160. The molecule has 6 nitrogen and oxygen atoms in total. The summed E-state index contributed by atoms with van der Waals surface area (Å²) < 4.78 is 0. The van der Waals surface area contributed by atoms with Crippen LogP contribution in [-0.2, 0) is 4.79 Å². The quantitative estimate of drug-likeness (QED) is 0.655. The first-order valence-corrected chi connectivity index (χ1v) is 12.4. The molecule has 3 N–H and O–H groups in total. The van der Waals surface area contributed by atoms with Crippen molar-refractivity contribution in [1.29, 1.82) is 0 Å². The zero-order chi connectivity index (χ0) is 21.1. The first-order chi connectivity index (χ1) is 14.3. The Hall–Kier alpha value is -1.14. The summed E-state index contributed by atoms with van der Waals surface area (Å²) in [5, 5.41) is 16.2. The van der Waals surface area contributed by atoms with Gasteiger partial charge in [-0.05, 0) is 99.2 Å². The van der Waals surface area contributed by atoms with Crippen molar-refractivity contribution in [3.8, 4) is 0 Å². The van der Waals surface area contributed by atoms with Crippen LogP contribution in [0.4, 0.5) is 0 Å². The van der Waals surface area contributed by atoms with E-state index in [0.717, 1.165) is 36.9 Å². The minimum atomic E-state index is -0.0779. The van der Waals surface area contributed by atoms with Crippen LogP contribution in [0.5, 0.6) is 0 Å². The summed E-state index contributed by atoms with van der Waals surface area (Å²) in [6.45, 7) is 7.33. The number of hydrogen-bond acceptors (Lipinski definition) is 6. The Kier molecular flexibility index (Phi) is 5.17. The Bertz CT molecular complexity index is 726. The van der Waals surface area contributed by atoms with E-state index < -0.39 is 0 Å². The van der Waals surface area contributed by atoms with Crippen LogP contribution in [-0.4, -0.2) is 34.4 Å². The van der Waals surface area contributed by atoms with Gasteiger partial charge in [-0.1, -0.05) is 20.3 Å². The first kappa shape index (κ1) is 20.7. The fourth-order valence-corrected chi connectivity index (χ4v) is 8.69. The van der Waals surface area contributed by atoms with Crippen molar-refractivity contribution >= 4 is 11.6 Å². The van der Waals surface area contributed by atoms with Gasteiger partial charge in [-0.3, -0.25) is 9.80 Å². The predicted octanol–water partition coefficient (Wildman–Crippen LogP) is 3.62. The van der Waals surface area contributed by atoms with Crippen molar-refractivity contribution in [3.05, 3.63) is 0 Å². The summed E-state index contributed by atoms with van der Waals surface area (Å²) >= 11 is 0. The maximum absolute atomic E-state index is 13.5. The van der Waals surface area contributed by atoms with Crippen LogP contribution in [0.25, 0.3) is 0 Å². The van der Waals surface area contributed by atoms with E-state index in [2.05, 4.69) is 30.0 Å². The number of hydrazine groups is 2. The number of aliphatic hydroxyl groups excluding tert-OH is 1. The van der Waals surface area contributed by atoms with E-state index in [1.54, 1.807) is 0 Å². The number of fused-ring (bicyclic) bond motifs is 5. The molecule has 0 spiro atoms. The summed E-state index contributed by atoms with van der Waals surface area (Å²) in [7, 11) is 0. The summed E-state index contributed by atoms with van der Waals surface area (Å²) in [5.74, 6) is 4.32. The third-order valence-corrected chi connectivity index (χ3v) is 10.4. The number of amidine groups is 1. The molecular formula is C24H40N4O2. The molecule has 8 atom stereocenters. The van der Waals surface area contributed by atoms with E-state index in [0.29, 0.717) is 29.6 Å². The van der Waals surface area contributed by atoms with Crippen molar-refractivity contribution in [1.82, 2.24) is 16.1 Å². The Morgan fingerprint density at radius 3 is 2.63 bits per heavy atom. The number of aliphatic hydroxyl groups is 1. The average Bonchev–Trinajstić information content (AvgIpc) is 3.11. The third kappa shape index (κ3) is 3.12. The molecule has 0 aromatic carbocycles. The summed E-state index contributed by atoms with van der Waals surface area (Å²) in [5.41, 5.74) is 6.29. The molecule has 0 saturated heterocycles. The highest BCUT2D eigenvalue weighted by atomic mass is 16.3. The average molecular weight is 417 g/mol. The predicted molar refractivity (Wildman–Crippen MR) is 117 cm³/mol. The maximum Gasteiger partial charge on any atom is 0.157 e. The van der Waals surface area contributed by atoms with Crippen LogP contribution >= 0.6 is 0 Å². The van der Waals surface area contributed by atoms with Crippen molar-refractivity contribution < 1.29 is 9.90 Å². The Morgan fingerprint density at radius 1 is 1.10 bits per heavy atom.